The lowest BCUT2D eigenvalue weighted by Crippen LogP contribution is -1.98. The van der Waals surface area contributed by atoms with E-state index in [1.165, 1.54) is 31.4 Å². The minimum absolute atomic E-state index is 0.0579. The Labute approximate surface area is 123 Å². The Morgan fingerprint density at radius 2 is 1.76 bits per heavy atom. The van der Waals surface area contributed by atoms with Gasteiger partial charge in [-0.1, -0.05) is 18.2 Å². The van der Waals surface area contributed by atoms with Crippen molar-refractivity contribution in [2.75, 3.05) is 14.2 Å². The molecule has 0 unspecified atom stereocenters. The van der Waals surface area contributed by atoms with Crippen molar-refractivity contribution in [2.45, 2.75) is 0 Å². The summed E-state index contributed by atoms with van der Waals surface area (Å²) in [6, 6.07) is 11.8. The first-order chi connectivity index (χ1) is 10.1. The molecule has 0 aliphatic carbocycles. The van der Waals surface area contributed by atoms with E-state index < -0.39 is 0 Å². The smallest absolute Gasteiger partial charge is 0.189 e. The number of carbonyl (C=O) groups excluding carboxylic acids is 1. The molecular formula is C17H16O4. The third-order valence-corrected chi connectivity index (χ3v) is 2.99. The largest absolute Gasteiger partial charge is 0.508 e. The van der Waals surface area contributed by atoms with E-state index in [4.69, 9.17) is 9.47 Å². The zero-order chi connectivity index (χ0) is 15.2. The van der Waals surface area contributed by atoms with Gasteiger partial charge in [-0.25, -0.2) is 0 Å². The molecule has 21 heavy (non-hydrogen) atoms. The summed E-state index contributed by atoms with van der Waals surface area (Å²) in [4.78, 5) is 12.2. The maximum atomic E-state index is 12.2. The van der Waals surface area contributed by atoms with Crippen LogP contribution in [0.2, 0.25) is 0 Å². The van der Waals surface area contributed by atoms with E-state index in [1.807, 2.05) is 24.3 Å². The first-order valence-corrected chi connectivity index (χ1v) is 6.37. The van der Waals surface area contributed by atoms with Gasteiger partial charge in [0.2, 0.25) is 0 Å². The van der Waals surface area contributed by atoms with Crippen LogP contribution in [0, 0.1) is 0 Å². The fourth-order valence-electron chi connectivity index (χ4n) is 1.86. The molecule has 0 amide bonds. The predicted octanol–water partition coefficient (Wildman–Crippen LogP) is 3.31. The van der Waals surface area contributed by atoms with Gasteiger partial charge in [0.15, 0.2) is 5.78 Å². The standard InChI is InChI=1S/C17H16O4/c1-20-14-7-3-12(4-8-14)5-10-16(19)15-9-6-13(18)11-17(15)21-2/h3-11,18H,1-2H3. The van der Waals surface area contributed by atoms with Gasteiger partial charge in [0, 0.05) is 6.07 Å². The molecule has 0 radical (unpaired) electrons. The van der Waals surface area contributed by atoms with Crippen molar-refractivity contribution in [1.82, 2.24) is 0 Å². The lowest BCUT2D eigenvalue weighted by Gasteiger charge is -2.05. The SMILES string of the molecule is COc1ccc(C=CC(=O)c2ccc(O)cc2OC)cc1. The second kappa shape index (κ2) is 6.61. The Hall–Kier alpha value is -2.75. The van der Waals surface area contributed by atoms with Gasteiger partial charge in [-0.3, -0.25) is 4.79 Å². The van der Waals surface area contributed by atoms with Crippen molar-refractivity contribution >= 4 is 11.9 Å². The van der Waals surface area contributed by atoms with Crippen LogP contribution in [0.1, 0.15) is 15.9 Å². The van der Waals surface area contributed by atoms with Gasteiger partial charge in [-0.05, 0) is 35.9 Å². The Kier molecular flexibility index (Phi) is 4.61. The molecule has 0 aromatic heterocycles. The number of phenolic OH excluding ortho intramolecular Hbond substituents is 1. The molecule has 0 fully saturated rings. The summed E-state index contributed by atoms with van der Waals surface area (Å²) in [6.45, 7) is 0. The van der Waals surface area contributed by atoms with Crippen LogP contribution in [-0.4, -0.2) is 25.1 Å². The molecule has 2 rings (SSSR count). The molecular weight excluding hydrogens is 268 g/mol. The van der Waals surface area contributed by atoms with Gasteiger partial charge in [0.25, 0.3) is 0 Å². The molecule has 2 aromatic carbocycles. The molecule has 0 aliphatic rings. The number of ether oxygens (including phenoxy) is 2. The average Bonchev–Trinajstić information content (AvgIpc) is 2.52. The Morgan fingerprint density at radius 3 is 2.38 bits per heavy atom. The normalized spacial score (nSPS) is 10.6. The molecule has 2 aromatic rings. The number of hydrogen-bond donors (Lipinski definition) is 1. The van der Waals surface area contributed by atoms with Crippen LogP contribution < -0.4 is 9.47 Å². The maximum absolute atomic E-state index is 12.2. The fourth-order valence-corrected chi connectivity index (χ4v) is 1.86. The van der Waals surface area contributed by atoms with E-state index >= 15 is 0 Å². The van der Waals surface area contributed by atoms with Crippen molar-refractivity contribution in [2.24, 2.45) is 0 Å². The molecule has 108 valence electrons. The van der Waals surface area contributed by atoms with Crippen molar-refractivity contribution in [3.8, 4) is 17.2 Å². The number of ketones is 1. The van der Waals surface area contributed by atoms with Crippen LogP contribution in [0.5, 0.6) is 17.2 Å². The van der Waals surface area contributed by atoms with Gasteiger partial charge in [0.1, 0.15) is 17.2 Å². The summed E-state index contributed by atoms with van der Waals surface area (Å²) in [6.07, 6.45) is 3.19. The lowest BCUT2D eigenvalue weighted by atomic mass is 10.1. The molecule has 0 saturated carbocycles. The summed E-state index contributed by atoms with van der Waals surface area (Å²) in [5, 5.41) is 9.39. The number of aromatic hydroxyl groups is 1. The Morgan fingerprint density at radius 1 is 1.05 bits per heavy atom. The summed E-state index contributed by atoms with van der Waals surface area (Å²) in [7, 11) is 3.06. The molecule has 0 bridgehead atoms. The second-order valence-electron chi connectivity index (χ2n) is 4.36. The number of hydrogen-bond acceptors (Lipinski definition) is 4. The summed E-state index contributed by atoms with van der Waals surface area (Å²) in [5.74, 6) is 0.975. The van der Waals surface area contributed by atoms with E-state index in [1.54, 1.807) is 13.2 Å². The molecule has 4 nitrogen and oxygen atoms in total. The summed E-state index contributed by atoms with van der Waals surface area (Å²) >= 11 is 0. The summed E-state index contributed by atoms with van der Waals surface area (Å²) in [5.41, 5.74) is 1.29. The first kappa shape index (κ1) is 14.7. The highest BCUT2D eigenvalue weighted by molar-refractivity contribution is 6.08. The third kappa shape index (κ3) is 3.63. The van der Waals surface area contributed by atoms with Gasteiger partial charge in [-0.2, -0.15) is 0 Å². The number of benzene rings is 2. The molecule has 0 spiro atoms. The minimum Gasteiger partial charge on any atom is -0.508 e. The number of phenols is 1. The zero-order valence-electron chi connectivity index (χ0n) is 11.9. The number of carbonyl (C=O) groups is 1. The van der Waals surface area contributed by atoms with E-state index in [9.17, 15) is 9.90 Å². The average molecular weight is 284 g/mol. The highest BCUT2D eigenvalue weighted by Gasteiger charge is 2.10. The first-order valence-electron chi connectivity index (χ1n) is 6.37. The van der Waals surface area contributed by atoms with Crippen molar-refractivity contribution in [3.63, 3.8) is 0 Å². The van der Waals surface area contributed by atoms with Gasteiger partial charge < -0.3 is 14.6 Å². The number of rotatable bonds is 5. The highest BCUT2D eigenvalue weighted by atomic mass is 16.5. The van der Waals surface area contributed by atoms with Crippen molar-refractivity contribution in [3.05, 3.63) is 59.7 Å². The van der Waals surface area contributed by atoms with Crippen molar-refractivity contribution in [1.29, 1.82) is 0 Å². The van der Waals surface area contributed by atoms with Crippen LogP contribution in [-0.2, 0) is 0 Å². The van der Waals surface area contributed by atoms with Crippen LogP contribution in [0.3, 0.4) is 0 Å². The predicted molar refractivity (Wildman–Crippen MR) is 81.0 cm³/mol. The number of allylic oxidation sites excluding steroid dienone is 1. The molecule has 4 heteroatoms. The van der Waals surface area contributed by atoms with Crippen LogP contribution in [0.4, 0.5) is 0 Å². The van der Waals surface area contributed by atoms with E-state index in [-0.39, 0.29) is 11.5 Å². The Bertz CT molecular complexity index is 657. The van der Waals surface area contributed by atoms with Gasteiger partial charge in [0.05, 0.1) is 19.8 Å². The topological polar surface area (TPSA) is 55.8 Å². The van der Waals surface area contributed by atoms with E-state index in [2.05, 4.69) is 0 Å². The van der Waals surface area contributed by atoms with Crippen LogP contribution in [0.25, 0.3) is 6.08 Å². The monoisotopic (exact) mass is 284 g/mol. The Balaban J connectivity index is 2.18. The van der Waals surface area contributed by atoms with E-state index in [0.29, 0.717) is 11.3 Å². The number of methoxy groups -OCH3 is 2. The van der Waals surface area contributed by atoms with E-state index in [0.717, 1.165) is 11.3 Å². The summed E-state index contributed by atoms with van der Waals surface area (Å²) < 4.78 is 10.2. The maximum Gasteiger partial charge on any atom is 0.189 e. The zero-order valence-corrected chi connectivity index (χ0v) is 11.9. The highest BCUT2D eigenvalue weighted by Crippen LogP contribution is 2.24. The molecule has 1 N–H and O–H groups in total. The second-order valence-corrected chi connectivity index (χ2v) is 4.36. The van der Waals surface area contributed by atoms with Crippen LogP contribution >= 0.6 is 0 Å². The third-order valence-electron chi connectivity index (χ3n) is 2.99. The molecule has 0 atom stereocenters. The quantitative estimate of drug-likeness (QED) is 0.676. The molecule has 0 heterocycles. The fraction of sp³-hybridized carbons (Fsp3) is 0.118. The van der Waals surface area contributed by atoms with Crippen LogP contribution in [0.15, 0.2) is 48.5 Å². The molecule has 0 aliphatic heterocycles. The van der Waals surface area contributed by atoms with Crippen molar-refractivity contribution < 1.29 is 19.4 Å². The minimum atomic E-state index is -0.192. The molecule has 0 saturated heterocycles. The van der Waals surface area contributed by atoms with Gasteiger partial charge >= 0.3 is 0 Å². The lowest BCUT2D eigenvalue weighted by molar-refractivity contribution is 0.104. The van der Waals surface area contributed by atoms with Gasteiger partial charge in [-0.15, -0.1) is 0 Å².